The SMILES string of the molecule is C=CC(=NC(C)C)C(=C(C)N)C(c1ccc(C)cc1)N(C)c1cc(Cl)c(=O)n(C)c1. The monoisotopic (exact) mass is 426 g/mol. The molecule has 0 spiro atoms. The van der Waals surface area contributed by atoms with Crippen LogP contribution >= 0.6 is 11.6 Å². The lowest BCUT2D eigenvalue weighted by atomic mass is 9.91. The molecule has 0 saturated carbocycles. The van der Waals surface area contributed by atoms with Gasteiger partial charge < -0.3 is 15.2 Å². The topological polar surface area (TPSA) is 63.6 Å². The quantitative estimate of drug-likeness (QED) is 0.647. The van der Waals surface area contributed by atoms with E-state index >= 15 is 0 Å². The first-order valence-electron chi connectivity index (χ1n) is 9.89. The first-order chi connectivity index (χ1) is 14.1. The first-order valence-corrected chi connectivity index (χ1v) is 10.3. The van der Waals surface area contributed by atoms with Crippen LogP contribution in [0.5, 0.6) is 0 Å². The molecule has 0 aliphatic heterocycles. The number of hydrogen-bond acceptors (Lipinski definition) is 4. The zero-order chi connectivity index (χ0) is 22.6. The van der Waals surface area contributed by atoms with E-state index in [1.165, 1.54) is 10.1 Å². The number of aromatic nitrogens is 1. The highest BCUT2D eigenvalue weighted by Crippen LogP contribution is 2.34. The number of rotatable bonds is 7. The maximum atomic E-state index is 12.1. The second-order valence-electron chi connectivity index (χ2n) is 7.80. The average molecular weight is 427 g/mol. The van der Waals surface area contributed by atoms with Gasteiger partial charge in [0.15, 0.2) is 0 Å². The molecule has 0 fully saturated rings. The molecule has 0 bridgehead atoms. The summed E-state index contributed by atoms with van der Waals surface area (Å²) in [5.74, 6) is 0. The predicted octanol–water partition coefficient (Wildman–Crippen LogP) is 4.79. The van der Waals surface area contributed by atoms with Gasteiger partial charge in [-0.2, -0.15) is 0 Å². The van der Waals surface area contributed by atoms with E-state index in [9.17, 15) is 4.79 Å². The molecule has 2 N–H and O–H groups in total. The van der Waals surface area contributed by atoms with Crippen molar-refractivity contribution in [2.45, 2.75) is 39.8 Å². The van der Waals surface area contributed by atoms with Gasteiger partial charge >= 0.3 is 0 Å². The molecule has 160 valence electrons. The number of anilines is 1. The predicted molar refractivity (Wildman–Crippen MR) is 129 cm³/mol. The van der Waals surface area contributed by atoms with E-state index in [-0.39, 0.29) is 22.7 Å². The Morgan fingerprint density at radius 3 is 2.37 bits per heavy atom. The molecule has 1 atom stereocenters. The van der Waals surface area contributed by atoms with E-state index in [0.29, 0.717) is 5.70 Å². The number of benzene rings is 1. The summed E-state index contributed by atoms with van der Waals surface area (Å²) in [6, 6.07) is 9.82. The van der Waals surface area contributed by atoms with Gasteiger partial charge in [0, 0.05) is 37.6 Å². The van der Waals surface area contributed by atoms with Crippen LogP contribution < -0.4 is 16.2 Å². The summed E-state index contributed by atoms with van der Waals surface area (Å²) in [6.07, 6.45) is 3.51. The molecular formula is C24H31ClN4O. The molecule has 2 aromatic rings. The number of halogens is 1. The summed E-state index contributed by atoms with van der Waals surface area (Å²) in [5.41, 5.74) is 11.4. The van der Waals surface area contributed by atoms with E-state index < -0.39 is 0 Å². The number of pyridine rings is 1. The van der Waals surface area contributed by atoms with Gasteiger partial charge in [0.2, 0.25) is 0 Å². The van der Waals surface area contributed by atoms with Gasteiger partial charge in [-0.25, -0.2) is 0 Å². The summed E-state index contributed by atoms with van der Waals surface area (Å²) in [5, 5.41) is 0.166. The van der Waals surface area contributed by atoms with Gasteiger partial charge in [0.05, 0.1) is 17.4 Å². The number of allylic oxidation sites excluding steroid dienone is 2. The summed E-state index contributed by atoms with van der Waals surface area (Å²) in [6.45, 7) is 11.9. The molecule has 0 aliphatic carbocycles. The molecule has 1 aromatic heterocycles. The molecular weight excluding hydrogens is 396 g/mol. The van der Waals surface area contributed by atoms with Crippen molar-refractivity contribution in [2.24, 2.45) is 17.8 Å². The normalized spacial score (nSPS) is 13.8. The highest BCUT2D eigenvalue weighted by Gasteiger charge is 2.27. The van der Waals surface area contributed by atoms with Gasteiger partial charge in [-0.15, -0.1) is 0 Å². The summed E-state index contributed by atoms with van der Waals surface area (Å²) in [4.78, 5) is 18.9. The van der Waals surface area contributed by atoms with Gasteiger partial charge in [0.1, 0.15) is 5.02 Å². The largest absolute Gasteiger partial charge is 0.402 e. The van der Waals surface area contributed by atoms with Crippen LogP contribution in [0, 0.1) is 6.92 Å². The summed E-state index contributed by atoms with van der Waals surface area (Å²) in [7, 11) is 3.65. The highest BCUT2D eigenvalue weighted by molar-refractivity contribution is 6.30. The number of nitrogens with two attached hydrogens (primary N) is 1. The Kier molecular flexibility index (Phi) is 7.68. The molecule has 0 saturated heterocycles. The van der Waals surface area contributed by atoms with E-state index in [1.54, 1.807) is 25.4 Å². The van der Waals surface area contributed by atoms with Crippen LogP contribution in [0.4, 0.5) is 5.69 Å². The van der Waals surface area contributed by atoms with E-state index in [4.69, 9.17) is 22.3 Å². The second-order valence-corrected chi connectivity index (χ2v) is 8.20. The Hall–Kier alpha value is -2.79. The van der Waals surface area contributed by atoms with Crippen LogP contribution in [-0.2, 0) is 7.05 Å². The number of hydrogen-bond donors (Lipinski definition) is 1. The molecule has 30 heavy (non-hydrogen) atoms. The fourth-order valence-corrected chi connectivity index (χ4v) is 3.64. The number of nitrogens with zero attached hydrogens (tertiary/aromatic N) is 3. The van der Waals surface area contributed by atoms with Crippen molar-refractivity contribution in [1.29, 1.82) is 0 Å². The zero-order valence-electron chi connectivity index (χ0n) is 18.6. The van der Waals surface area contributed by atoms with Crippen LogP contribution in [0.15, 0.2) is 70.2 Å². The highest BCUT2D eigenvalue weighted by atomic mass is 35.5. The minimum absolute atomic E-state index is 0.0864. The Morgan fingerprint density at radius 1 is 1.30 bits per heavy atom. The Balaban J connectivity index is 2.77. The lowest BCUT2D eigenvalue weighted by Gasteiger charge is -2.34. The molecule has 2 rings (SSSR count). The van der Waals surface area contributed by atoms with Crippen LogP contribution in [0.3, 0.4) is 0 Å². The second kappa shape index (κ2) is 9.81. The smallest absolute Gasteiger partial charge is 0.269 e. The Bertz CT molecular complexity index is 1000. The van der Waals surface area contributed by atoms with Crippen LogP contribution in [0.2, 0.25) is 5.02 Å². The fourth-order valence-electron chi connectivity index (χ4n) is 3.40. The molecule has 1 aromatic carbocycles. The lowest BCUT2D eigenvalue weighted by molar-refractivity contribution is 0.759. The van der Waals surface area contributed by atoms with Crippen LogP contribution in [-0.4, -0.2) is 23.4 Å². The molecule has 0 aliphatic rings. The minimum atomic E-state index is -0.250. The lowest BCUT2D eigenvalue weighted by Crippen LogP contribution is -2.32. The molecule has 5 nitrogen and oxygen atoms in total. The maximum Gasteiger partial charge on any atom is 0.269 e. The summed E-state index contributed by atoms with van der Waals surface area (Å²) < 4.78 is 1.48. The van der Waals surface area contributed by atoms with Gasteiger partial charge in [-0.05, 0) is 45.4 Å². The van der Waals surface area contributed by atoms with Crippen LogP contribution in [0.1, 0.15) is 37.9 Å². The van der Waals surface area contributed by atoms with E-state index in [0.717, 1.165) is 22.5 Å². The number of aliphatic imine (C=N–C) groups is 1. The fraction of sp³-hybridized carbons (Fsp3) is 0.333. The van der Waals surface area contributed by atoms with Crippen molar-refractivity contribution < 1.29 is 0 Å². The van der Waals surface area contributed by atoms with E-state index in [1.807, 2.05) is 27.8 Å². The first kappa shape index (κ1) is 23.5. The molecule has 0 amide bonds. The van der Waals surface area contributed by atoms with Gasteiger partial charge in [0.25, 0.3) is 5.56 Å². The molecule has 1 unspecified atom stereocenters. The number of aryl methyl sites for hydroxylation is 2. The van der Waals surface area contributed by atoms with Gasteiger partial charge in [-0.3, -0.25) is 9.79 Å². The van der Waals surface area contributed by atoms with Crippen molar-refractivity contribution in [1.82, 2.24) is 4.57 Å². The molecule has 0 radical (unpaired) electrons. The zero-order valence-corrected chi connectivity index (χ0v) is 19.4. The number of likely N-dealkylation sites (N-methyl/N-ethyl adjacent to an activating group) is 1. The van der Waals surface area contributed by atoms with Crippen molar-refractivity contribution in [3.8, 4) is 0 Å². The summed E-state index contributed by atoms with van der Waals surface area (Å²) >= 11 is 6.20. The van der Waals surface area contributed by atoms with Crippen molar-refractivity contribution in [2.75, 3.05) is 11.9 Å². The third kappa shape index (κ3) is 5.22. The Morgan fingerprint density at radius 2 is 1.90 bits per heavy atom. The molecule has 6 heteroatoms. The van der Waals surface area contributed by atoms with Gasteiger partial charge in [-0.1, -0.05) is 48.0 Å². The van der Waals surface area contributed by atoms with E-state index in [2.05, 4.69) is 42.7 Å². The third-order valence-corrected chi connectivity index (χ3v) is 5.15. The third-order valence-electron chi connectivity index (χ3n) is 4.88. The van der Waals surface area contributed by atoms with Crippen molar-refractivity contribution >= 4 is 23.0 Å². The average Bonchev–Trinajstić information content (AvgIpc) is 2.68. The van der Waals surface area contributed by atoms with Crippen molar-refractivity contribution in [3.63, 3.8) is 0 Å². The Labute approximate surface area is 184 Å². The minimum Gasteiger partial charge on any atom is -0.402 e. The van der Waals surface area contributed by atoms with Crippen molar-refractivity contribution in [3.05, 3.63) is 87.0 Å². The van der Waals surface area contributed by atoms with Crippen LogP contribution in [0.25, 0.3) is 0 Å². The molecule has 1 heterocycles. The standard InChI is InChI=1S/C24H31ClN4O/c1-8-21(27-15(2)3)22(17(5)26)23(18-11-9-16(4)10-12-18)29(7)19-13-20(25)24(30)28(6)14-19/h8-15,23H,1,26H2,2-7H3. The maximum absolute atomic E-state index is 12.1.